The van der Waals surface area contributed by atoms with Crippen LogP contribution in [-0.2, 0) is 4.74 Å². The predicted octanol–water partition coefficient (Wildman–Crippen LogP) is 3.11. The highest BCUT2D eigenvalue weighted by Gasteiger charge is 2.29. The fraction of sp³-hybridized carbons (Fsp3) is 1.00. The minimum Gasteiger partial charge on any atom is -0.378 e. The second-order valence-corrected chi connectivity index (χ2v) is 6.17. The molecule has 1 saturated heterocycles. The molecule has 0 aromatic carbocycles. The van der Waals surface area contributed by atoms with Crippen molar-refractivity contribution in [3.8, 4) is 0 Å². The van der Waals surface area contributed by atoms with Crippen molar-refractivity contribution in [2.24, 2.45) is 5.41 Å². The molecular formula is C14H27NO. The predicted molar refractivity (Wildman–Crippen MR) is 67.6 cm³/mol. The zero-order valence-electron chi connectivity index (χ0n) is 10.9. The van der Waals surface area contributed by atoms with Gasteiger partial charge in [0.05, 0.1) is 6.10 Å². The van der Waals surface area contributed by atoms with Gasteiger partial charge in [-0.15, -0.1) is 0 Å². The summed E-state index contributed by atoms with van der Waals surface area (Å²) in [4.78, 5) is 0. The molecule has 1 N–H and O–H groups in total. The first-order valence-electron chi connectivity index (χ1n) is 7.03. The topological polar surface area (TPSA) is 21.3 Å². The Bertz CT molecular complexity index is 205. The van der Waals surface area contributed by atoms with Crippen molar-refractivity contribution in [1.82, 2.24) is 5.32 Å². The van der Waals surface area contributed by atoms with Crippen LogP contribution in [0.25, 0.3) is 0 Å². The Morgan fingerprint density at radius 3 is 2.69 bits per heavy atom. The number of hydrogen-bond acceptors (Lipinski definition) is 2. The van der Waals surface area contributed by atoms with Crippen molar-refractivity contribution >= 4 is 0 Å². The van der Waals surface area contributed by atoms with Gasteiger partial charge in [-0.2, -0.15) is 0 Å². The number of ether oxygens (including phenoxy) is 1. The average Bonchev–Trinajstić information content (AvgIpc) is 2.88. The summed E-state index contributed by atoms with van der Waals surface area (Å²) in [5.41, 5.74) is 0.574. The van der Waals surface area contributed by atoms with Gasteiger partial charge in [0.15, 0.2) is 0 Å². The van der Waals surface area contributed by atoms with Crippen LogP contribution in [0.2, 0.25) is 0 Å². The highest BCUT2D eigenvalue weighted by molar-refractivity contribution is 4.84. The molecule has 2 aliphatic rings. The van der Waals surface area contributed by atoms with Gasteiger partial charge in [0, 0.05) is 19.2 Å². The quantitative estimate of drug-likeness (QED) is 0.776. The van der Waals surface area contributed by atoms with Crippen LogP contribution >= 0.6 is 0 Å². The van der Waals surface area contributed by atoms with Crippen LogP contribution in [0, 0.1) is 5.41 Å². The van der Waals surface area contributed by atoms with Gasteiger partial charge in [0.1, 0.15) is 0 Å². The molecule has 2 fully saturated rings. The lowest BCUT2D eigenvalue weighted by molar-refractivity contribution is 0.0948. The summed E-state index contributed by atoms with van der Waals surface area (Å²) in [7, 11) is 0. The van der Waals surface area contributed by atoms with E-state index in [-0.39, 0.29) is 0 Å². The second kappa shape index (κ2) is 5.50. The molecule has 1 aliphatic carbocycles. The average molecular weight is 225 g/mol. The highest BCUT2D eigenvalue weighted by atomic mass is 16.5. The van der Waals surface area contributed by atoms with Crippen molar-refractivity contribution < 1.29 is 4.74 Å². The fourth-order valence-electron chi connectivity index (χ4n) is 3.13. The van der Waals surface area contributed by atoms with E-state index in [9.17, 15) is 0 Å². The van der Waals surface area contributed by atoms with Crippen molar-refractivity contribution in [3.05, 3.63) is 0 Å². The number of rotatable bonds is 5. The van der Waals surface area contributed by atoms with E-state index in [4.69, 9.17) is 4.74 Å². The summed E-state index contributed by atoms with van der Waals surface area (Å²) >= 11 is 0. The summed E-state index contributed by atoms with van der Waals surface area (Å²) in [5, 5.41) is 3.71. The van der Waals surface area contributed by atoms with E-state index in [1.165, 1.54) is 51.5 Å². The van der Waals surface area contributed by atoms with E-state index in [0.29, 0.717) is 17.6 Å². The summed E-state index contributed by atoms with van der Waals surface area (Å²) in [6, 6.07) is 0.612. The van der Waals surface area contributed by atoms with Gasteiger partial charge < -0.3 is 10.1 Å². The van der Waals surface area contributed by atoms with Gasteiger partial charge >= 0.3 is 0 Å². The third kappa shape index (κ3) is 3.46. The molecule has 0 amide bonds. The Labute approximate surface area is 100 Å². The molecule has 2 unspecified atom stereocenters. The molecule has 1 heterocycles. The maximum Gasteiger partial charge on any atom is 0.0590 e. The summed E-state index contributed by atoms with van der Waals surface area (Å²) < 4.78 is 5.68. The summed E-state index contributed by atoms with van der Waals surface area (Å²) in [6.07, 6.45) is 9.92. The van der Waals surface area contributed by atoms with Gasteiger partial charge in [-0.05, 0) is 44.4 Å². The molecule has 2 rings (SSSR count). The van der Waals surface area contributed by atoms with Crippen LogP contribution < -0.4 is 5.32 Å². The summed E-state index contributed by atoms with van der Waals surface area (Å²) in [6.45, 7) is 6.92. The van der Waals surface area contributed by atoms with Crippen LogP contribution in [0.15, 0.2) is 0 Å². The van der Waals surface area contributed by atoms with Gasteiger partial charge in [-0.3, -0.25) is 0 Å². The first-order valence-corrected chi connectivity index (χ1v) is 7.03. The van der Waals surface area contributed by atoms with Crippen LogP contribution in [-0.4, -0.2) is 25.3 Å². The molecule has 0 aromatic rings. The standard InChI is InChI=1S/C14H27NO/c1-12(10-13-6-5-9-16-13)15-11-14(2)7-3-4-8-14/h12-13,15H,3-11H2,1-2H3. The molecule has 2 atom stereocenters. The van der Waals surface area contributed by atoms with Crippen LogP contribution in [0.1, 0.15) is 58.8 Å². The third-order valence-electron chi connectivity index (χ3n) is 4.33. The van der Waals surface area contributed by atoms with Gasteiger partial charge in [0.2, 0.25) is 0 Å². The Morgan fingerprint density at radius 2 is 2.06 bits per heavy atom. The van der Waals surface area contributed by atoms with Gasteiger partial charge in [0.25, 0.3) is 0 Å². The Morgan fingerprint density at radius 1 is 1.31 bits per heavy atom. The molecule has 0 spiro atoms. The monoisotopic (exact) mass is 225 g/mol. The molecule has 2 heteroatoms. The normalized spacial score (nSPS) is 30.8. The lowest BCUT2D eigenvalue weighted by atomic mass is 9.88. The molecule has 0 radical (unpaired) electrons. The maximum absolute atomic E-state index is 5.68. The molecule has 1 saturated carbocycles. The van der Waals surface area contributed by atoms with E-state index < -0.39 is 0 Å². The van der Waals surface area contributed by atoms with E-state index in [1.807, 2.05) is 0 Å². The molecule has 1 aliphatic heterocycles. The summed E-state index contributed by atoms with van der Waals surface area (Å²) in [5.74, 6) is 0. The van der Waals surface area contributed by atoms with Crippen molar-refractivity contribution in [1.29, 1.82) is 0 Å². The van der Waals surface area contributed by atoms with Gasteiger partial charge in [-0.1, -0.05) is 19.8 Å². The van der Waals surface area contributed by atoms with Crippen LogP contribution in [0.5, 0.6) is 0 Å². The van der Waals surface area contributed by atoms with Crippen molar-refractivity contribution in [2.75, 3.05) is 13.2 Å². The maximum atomic E-state index is 5.68. The molecule has 94 valence electrons. The van der Waals surface area contributed by atoms with Gasteiger partial charge in [-0.25, -0.2) is 0 Å². The largest absolute Gasteiger partial charge is 0.378 e. The van der Waals surface area contributed by atoms with E-state index >= 15 is 0 Å². The highest BCUT2D eigenvalue weighted by Crippen LogP contribution is 2.36. The molecule has 0 bridgehead atoms. The lowest BCUT2D eigenvalue weighted by Crippen LogP contribution is -2.37. The molecule has 0 aromatic heterocycles. The Hall–Kier alpha value is -0.0800. The molecule has 2 nitrogen and oxygen atoms in total. The van der Waals surface area contributed by atoms with E-state index in [2.05, 4.69) is 19.2 Å². The first-order chi connectivity index (χ1) is 7.68. The fourth-order valence-corrected chi connectivity index (χ4v) is 3.13. The zero-order chi connectivity index (χ0) is 11.4. The van der Waals surface area contributed by atoms with Crippen LogP contribution in [0.3, 0.4) is 0 Å². The lowest BCUT2D eigenvalue weighted by Gasteiger charge is -2.27. The Kier molecular flexibility index (Phi) is 4.26. The smallest absolute Gasteiger partial charge is 0.0590 e. The van der Waals surface area contributed by atoms with E-state index in [0.717, 1.165) is 6.61 Å². The second-order valence-electron chi connectivity index (χ2n) is 6.17. The molecular weight excluding hydrogens is 198 g/mol. The Balaban J connectivity index is 1.64. The number of nitrogens with one attached hydrogen (secondary N) is 1. The molecule has 16 heavy (non-hydrogen) atoms. The first kappa shape index (κ1) is 12.4. The third-order valence-corrected chi connectivity index (χ3v) is 4.33. The zero-order valence-corrected chi connectivity index (χ0v) is 10.9. The van der Waals surface area contributed by atoms with Crippen molar-refractivity contribution in [2.45, 2.75) is 70.9 Å². The van der Waals surface area contributed by atoms with Crippen LogP contribution in [0.4, 0.5) is 0 Å². The SMILES string of the molecule is CC(CC1CCCO1)NCC1(C)CCCC1. The van der Waals surface area contributed by atoms with Crippen molar-refractivity contribution in [3.63, 3.8) is 0 Å². The minimum atomic E-state index is 0.527. The van der Waals surface area contributed by atoms with E-state index in [1.54, 1.807) is 0 Å². The number of hydrogen-bond donors (Lipinski definition) is 1. The minimum absolute atomic E-state index is 0.527.